The fraction of sp³-hybridized carbons (Fsp3) is 0.444. The van der Waals surface area contributed by atoms with Gasteiger partial charge in [0.05, 0.1) is 30.7 Å². The fourth-order valence-electron chi connectivity index (χ4n) is 5.79. The number of halogens is 4. The van der Waals surface area contributed by atoms with Crippen molar-refractivity contribution >= 4 is 51.6 Å². The minimum Gasteiger partial charge on any atom is -0.382 e. The molecule has 2 unspecified atom stereocenters. The van der Waals surface area contributed by atoms with Crippen molar-refractivity contribution in [2.24, 2.45) is 11.8 Å². The summed E-state index contributed by atoms with van der Waals surface area (Å²) in [5.41, 5.74) is 4.84. The Labute approximate surface area is 248 Å². The summed E-state index contributed by atoms with van der Waals surface area (Å²) in [6, 6.07) is 6.00. The first kappa shape index (κ1) is 27.9. The number of nitrogens with zero attached hydrogens (tertiary/aromatic N) is 6. The summed E-state index contributed by atoms with van der Waals surface area (Å²) in [5.74, 6) is 0.883. The number of aromatic nitrogens is 4. The zero-order valence-electron chi connectivity index (χ0n) is 21.9. The quantitative estimate of drug-likeness (QED) is 0.301. The van der Waals surface area contributed by atoms with Gasteiger partial charge in [-0.2, -0.15) is 13.2 Å². The predicted octanol–water partition coefficient (Wildman–Crippen LogP) is 4.27. The lowest BCUT2D eigenvalue weighted by molar-refractivity contribution is -0.137. The standard InChI is InChI=1S/C27H28F3IN8O2/c28-27(29,30)17-5-6-20(38-8-10-41-11-9-38)36-22(17)18-12-34-24(32)23(35-18)26(40)37-25-19(2-1-7-33-25)39-13-15-3-4-16(14-39)21(15)31/h1-2,5-7,12,15-16,21H,3-4,8-11,13-14H2,(H2,32,34)(H,33,37,40)/t15-,16?,21?/m1/s1. The Morgan fingerprint density at radius 2 is 1.78 bits per heavy atom. The molecular formula is C27H28F3IN8O2. The second-order valence-electron chi connectivity index (χ2n) is 10.4. The first-order valence-corrected chi connectivity index (χ1v) is 14.6. The van der Waals surface area contributed by atoms with Gasteiger partial charge in [0.1, 0.15) is 17.2 Å². The lowest BCUT2D eigenvalue weighted by Crippen LogP contribution is -2.42. The highest BCUT2D eigenvalue weighted by atomic mass is 127. The number of carbonyl (C=O) groups excluding carboxylic acids is 1. The average Bonchev–Trinajstić information content (AvgIpc) is 3.16. The lowest BCUT2D eigenvalue weighted by atomic mass is 9.98. The lowest BCUT2D eigenvalue weighted by Gasteiger charge is -2.37. The molecule has 10 nitrogen and oxygen atoms in total. The molecule has 0 radical (unpaired) electrons. The van der Waals surface area contributed by atoms with Crippen LogP contribution in [0.5, 0.6) is 0 Å². The number of piperidine rings is 1. The van der Waals surface area contributed by atoms with Gasteiger partial charge in [0.25, 0.3) is 5.91 Å². The van der Waals surface area contributed by atoms with Crippen molar-refractivity contribution in [1.82, 2.24) is 19.9 Å². The number of amides is 1. The molecule has 3 fully saturated rings. The number of nitrogens with one attached hydrogen (secondary N) is 1. The minimum absolute atomic E-state index is 0.214. The number of pyridine rings is 2. The number of fused-ring (bicyclic) bond motifs is 2. The van der Waals surface area contributed by atoms with Gasteiger partial charge in [0, 0.05) is 36.3 Å². The SMILES string of the molecule is Nc1ncc(-c2nc(N3CCOCC3)ccc2C(F)(F)F)nc1C(=O)Nc1ncccc1N1CC2CC[C@H](C1)C2I. The van der Waals surface area contributed by atoms with Crippen LogP contribution in [0.2, 0.25) is 0 Å². The summed E-state index contributed by atoms with van der Waals surface area (Å²) in [6.07, 6.45) is 0.321. The molecule has 1 saturated carbocycles. The van der Waals surface area contributed by atoms with Gasteiger partial charge >= 0.3 is 6.18 Å². The van der Waals surface area contributed by atoms with E-state index >= 15 is 0 Å². The number of hydrogen-bond donors (Lipinski definition) is 2. The van der Waals surface area contributed by atoms with Gasteiger partial charge in [0.15, 0.2) is 17.3 Å². The number of rotatable bonds is 5. The van der Waals surface area contributed by atoms with E-state index in [1.54, 1.807) is 6.20 Å². The van der Waals surface area contributed by atoms with Crippen LogP contribution in [0, 0.1) is 11.8 Å². The number of anilines is 4. The van der Waals surface area contributed by atoms with Crippen molar-refractivity contribution in [2.75, 3.05) is 60.2 Å². The second kappa shape index (κ2) is 11.2. The highest BCUT2D eigenvalue weighted by Gasteiger charge is 2.41. The van der Waals surface area contributed by atoms with Crippen LogP contribution in [-0.2, 0) is 10.9 Å². The molecule has 3 atom stereocenters. The average molecular weight is 680 g/mol. The van der Waals surface area contributed by atoms with Gasteiger partial charge in [-0.15, -0.1) is 0 Å². The third-order valence-corrected chi connectivity index (χ3v) is 9.89. The van der Waals surface area contributed by atoms with Gasteiger partial charge in [-0.05, 0) is 48.9 Å². The number of carbonyl (C=O) groups is 1. The zero-order chi connectivity index (χ0) is 28.7. The molecule has 0 spiro atoms. The Bertz CT molecular complexity index is 1440. The van der Waals surface area contributed by atoms with E-state index in [-0.39, 0.29) is 17.2 Å². The molecule has 5 heterocycles. The topological polar surface area (TPSA) is 122 Å². The second-order valence-corrected chi connectivity index (χ2v) is 11.9. The number of nitrogen functional groups attached to an aromatic ring is 1. The number of morpholine rings is 1. The molecule has 2 saturated heterocycles. The van der Waals surface area contributed by atoms with Crippen molar-refractivity contribution in [3.63, 3.8) is 0 Å². The maximum atomic E-state index is 14.0. The van der Waals surface area contributed by atoms with Crippen molar-refractivity contribution in [1.29, 1.82) is 0 Å². The van der Waals surface area contributed by atoms with Gasteiger partial charge in [-0.3, -0.25) is 4.79 Å². The van der Waals surface area contributed by atoms with Crippen LogP contribution in [-0.4, -0.2) is 69.2 Å². The van der Waals surface area contributed by atoms with Gasteiger partial charge in [-0.1, -0.05) is 22.6 Å². The Balaban J connectivity index is 1.31. The molecule has 3 aromatic heterocycles. The van der Waals surface area contributed by atoms with Crippen molar-refractivity contribution in [3.8, 4) is 11.4 Å². The normalized spacial score (nSPS) is 22.6. The number of ether oxygens (including phenoxy) is 1. The zero-order valence-corrected chi connectivity index (χ0v) is 24.1. The number of nitrogens with two attached hydrogens (primary N) is 1. The van der Waals surface area contributed by atoms with E-state index < -0.39 is 23.3 Å². The van der Waals surface area contributed by atoms with Crippen LogP contribution in [0.4, 0.5) is 36.3 Å². The Morgan fingerprint density at radius 3 is 2.49 bits per heavy atom. The van der Waals surface area contributed by atoms with E-state index in [4.69, 9.17) is 10.5 Å². The predicted molar refractivity (Wildman–Crippen MR) is 156 cm³/mol. The summed E-state index contributed by atoms with van der Waals surface area (Å²) in [6.45, 7) is 3.58. The summed E-state index contributed by atoms with van der Waals surface area (Å²) in [5, 5.41) is 2.77. The Morgan fingerprint density at radius 1 is 1.05 bits per heavy atom. The molecule has 2 aliphatic heterocycles. The molecule has 41 heavy (non-hydrogen) atoms. The van der Waals surface area contributed by atoms with Crippen LogP contribution in [0.1, 0.15) is 28.9 Å². The third-order valence-electron chi connectivity index (χ3n) is 7.86. The maximum Gasteiger partial charge on any atom is 0.418 e. The number of hydrogen-bond acceptors (Lipinski definition) is 9. The summed E-state index contributed by atoms with van der Waals surface area (Å²) in [4.78, 5) is 34.4. The van der Waals surface area contributed by atoms with Crippen molar-refractivity contribution in [2.45, 2.75) is 22.9 Å². The molecule has 0 aromatic carbocycles. The van der Waals surface area contributed by atoms with E-state index in [1.165, 1.54) is 18.9 Å². The molecule has 3 aromatic rings. The molecule has 3 aliphatic rings. The van der Waals surface area contributed by atoms with Crippen molar-refractivity contribution in [3.05, 3.63) is 47.9 Å². The van der Waals surface area contributed by atoms with Gasteiger partial charge in [0.2, 0.25) is 0 Å². The summed E-state index contributed by atoms with van der Waals surface area (Å²) in [7, 11) is 0. The van der Waals surface area contributed by atoms with Gasteiger partial charge < -0.3 is 25.6 Å². The smallest absolute Gasteiger partial charge is 0.382 e. The molecule has 2 bridgehead atoms. The van der Waals surface area contributed by atoms with Crippen LogP contribution in [0.15, 0.2) is 36.7 Å². The number of alkyl halides is 4. The van der Waals surface area contributed by atoms with Crippen LogP contribution in [0.25, 0.3) is 11.4 Å². The maximum absolute atomic E-state index is 14.0. The monoisotopic (exact) mass is 680 g/mol. The van der Waals surface area contributed by atoms with Crippen LogP contribution < -0.4 is 20.9 Å². The Kier molecular flexibility index (Phi) is 7.61. The molecule has 216 valence electrons. The first-order chi connectivity index (χ1) is 19.7. The van der Waals surface area contributed by atoms with E-state index in [0.717, 1.165) is 31.0 Å². The third kappa shape index (κ3) is 5.63. The van der Waals surface area contributed by atoms with Crippen LogP contribution >= 0.6 is 22.6 Å². The van der Waals surface area contributed by atoms with Gasteiger partial charge in [-0.25, -0.2) is 19.9 Å². The van der Waals surface area contributed by atoms with E-state index in [9.17, 15) is 18.0 Å². The molecule has 14 heteroatoms. The highest BCUT2D eigenvalue weighted by molar-refractivity contribution is 14.1. The molecule has 3 N–H and O–H groups in total. The Hall–Kier alpha value is -3.27. The van der Waals surface area contributed by atoms with Crippen molar-refractivity contribution < 1.29 is 22.7 Å². The van der Waals surface area contributed by atoms with Crippen LogP contribution in [0.3, 0.4) is 0 Å². The highest BCUT2D eigenvalue weighted by Crippen LogP contribution is 2.44. The first-order valence-electron chi connectivity index (χ1n) is 13.4. The van der Waals surface area contributed by atoms with E-state index in [0.29, 0.717) is 53.7 Å². The van der Waals surface area contributed by atoms with E-state index in [1.807, 2.05) is 17.0 Å². The summed E-state index contributed by atoms with van der Waals surface area (Å²) >= 11 is 2.54. The molecule has 6 rings (SSSR count). The molecule has 1 amide bonds. The summed E-state index contributed by atoms with van der Waals surface area (Å²) < 4.78 is 48.0. The molecule has 1 aliphatic carbocycles. The van der Waals surface area contributed by atoms with E-state index in [2.05, 4.69) is 52.7 Å². The largest absolute Gasteiger partial charge is 0.418 e. The minimum atomic E-state index is -4.70. The molecular weight excluding hydrogens is 652 g/mol. The fourth-order valence-corrected chi connectivity index (χ4v) is 6.96.